The summed E-state index contributed by atoms with van der Waals surface area (Å²) < 4.78 is 0. The third-order valence-electron chi connectivity index (χ3n) is 2.57. The predicted molar refractivity (Wildman–Crippen MR) is 91.4 cm³/mol. The van der Waals surface area contributed by atoms with Gasteiger partial charge in [0.1, 0.15) is 0 Å². The lowest BCUT2D eigenvalue weighted by Crippen LogP contribution is -2.28. The highest BCUT2D eigenvalue weighted by Gasteiger charge is 2.14. The zero-order valence-corrected chi connectivity index (χ0v) is 13.9. The largest absolute Gasteiger partial charge is 0.342 e. The van der Waals surface area contributed by atoms with Crippen molar-refractivity contribution in [2.45, 2.75) is 19.8 Å². The Bertz CT molecular complexity index is 411. The second-order valence-corrected chi connectivity index (χ2v) is 5.26. The van der Waals surface area contributed by atoms with Crippen molar-refractivity contribution in [1.82, 2.24) is 4.90 Å². The Balaban J connectivity index is 0.00000110. The molecule has 0 atom stereocenters. The molecule has 3 nitrogen and oxygen atoms in total. The molecule has 0 aromatic heterocycles. The summed E-state index contributed by atoms with van der Waals surface area (Å²) in [6.07, 6.45) is 2.62. The molecule has 112 valence electrons. The lowest BCUT2D eigenvalue weighted by Gasteiger charge is -2.17. The number of hydrogen-bond donors (Lipinski definition) is 2. The van der Waals surface area contributed by atoms with E-state index in [0.717, 1.165) is 30.6 Å². The number of thiol groups is 2. The summed E-state index contributed by atoms with van der Waals surface area (Å²) >= 11 is 7.92. The van der Waals surface area contributed by atoms with E-state index in [4.69, 9.17) is 0 Å². The minimum absolute atomic E-state index is 0.105. The van der Waals surface area contributed by atoms with Gasteiger partial charge in [-0.15, -0.1) is 0 Å². The number of aldehydes is 1. The minimum Gasteiger partial charge on any atom is -0.342 e. The van der Waals surface area contributed by atoms with Crippen LogP contribution in [-0.2, 0) is 0 Å². The molecule has 5 heteroatoms. The van der Waals surface area contributed by atoms with Crippen LogP contribution in [0.5, 0.6) is 0 Å². The number of nitrogens with zero attached hydrogens (tertiary/aromatic N) is 1. The smallest absolute Gasteiger partial charge is 0.254 e. The average molecular weight is 313 g/mol. The van der Waals surface area contributed by atoms with Crippen LogP contribution in [-0.4, -0.2) is 42.2 Å². The Labute approximate surface area is 132 Å². The summed E-state index contributed by atoms with van der Waals surface area (Å²) in [6, 6.07) is 6.85. The van der Waals surface area contributed by atoms with Gasteiger partial charge in [-0.1, -0.05) is 25.1 Å². The topological polar surface area (TPSA) is 37.4 Å². The fourth-order valence-corrected chi connectivity index (χ4v) is 1.79. The first-order chi connectivity index (χ1) is 9.62. The quantitative estimate of drug-likeness (QED) is 0.481. The summed E-state index contributed by atoms with van der Waals surface area (Å²) in [6.45, 7) is 2.68. The maximum absolute atomic E-state index is 12.1. The van der Waals surface area contributed by atoms with Crippen molar-refractivity contribution in [3.05, 3.63) is 35.4 Å². The molecule has 1 aromatic carbocycles. The Morgan fingerprint density at radius 1 is 1.25 bits per heavy atom. The van der Waals surface area contributed by atoms with E-state index in [1.54, 1.807) is 36.2 Å². The van der Waals surface area contributed by atoms with E-state index in [1.807, 2.05) is 6.92 Å². The number of rotatable bonds is 6. The molecule has 0 aliphatic carbocycles. The molecule has 0 unspecified atom stereocenters. The number of benzene rings is 1. The molecule has 1 aromatic rings. The first-order valence-corrected chi connectivity index (χ1v) is 7.90. The zero-order chi connectivity index (χ0) is 15.4. The summed E-state index contributed by atoms with van der Waals surface area (Å²) in [5.74, 6) is 1.67. The number of carbonyl (C=O) groups is 2. The van der Waals surface area contributed by atoms with Crippen molar-refractivity contribution in [1.29, 1.82) is 0 Å². The van der Waals surface area contributed by atoms with Gasteiger partial charge in [0.15, 0.2) is 6.29 Å². The highest BCUT2D eigenvalue weighted by atomic mass is 32.1. The molecule has 0 saturated carbocycles. The van der Waals surface area contributed by atoms with Crippen molar-refractivity contribution >= 4 is 37.5 Å². The van der Waals surface area contributed by atoms with Gasteiger partial charge in [-0.05, 0) is 30.4 Å². The van der Waals surface area contributed by atoms with E-state index in [2.05, 4.69) is 25.3 Å². The van der Waals surface area contributed by atoms with Crippen LogP contribution in [0.3, 0.4) is 0 Å². The number of carbonyl (C=O) groups excluding carboxylic acids is 2. The Morgan fingerprint density at radius 3 is 2.40 bits per heavy atom. The van der Waals surface area contributed by atoms with Crippen LogP contribution in [0.25, 0.3) is 0 Å². The fraction of sp³-hybridized carbons (Fsp3) is 0.467. The normalized spacial score (nSPS) is 9.40. The van der Waals surface area contributed by atoms with Crippen molar-refractivity contribution in [2.24, 2.45) is 0 Å². The van der Waals surface area contributed by atoms with Gasteiger partial charge >= 0.3 is 0 Å². The predicted octanol–water partition coefficient (Wildman–Crippen LogP) is 3.22. The van der Waals surface area contributed by atoms with Crippen LogP contribution in [0, 0.1) is 0 Å². The van der Waals surface area contributed by atoms with Gasteiger partial charge in [0.05, 0.1) is 5.56 Å². The Hall–Kier alpha value is -0.940. The van der Waals surface area contributed by atoms with Crippen LogP contribution in [0.1, 0.15) is 40.5 Å². The molecule has 0 fully saturated rings. The van der Waals surface area contributed by atoms with Crippen LogP contribution >= 0.6 is 25.3 Å². The van der Waals surface area contributed by atoms with Crippen molar-refractivity contribution in [2.75, 3.05) is 25.1 Å². The molecule has 0 saturated heterocycles. The first kappa shape index (κ1) is 19.1. The maximum Gasteiger partial charge on any atom is 0.254 e. The van der Waals surface area contributed by atoms with E-state index in [9.17, 15) is 9.59 Å². The lowest BCUT2D eigenvalue weighted by molar-refractivity contribution is 0.0790. The number of unbranched alkanes of at least 4 members (excludes halogenated alkanes) is 1. The SMILES string of the molecule is CCS.CN(CCCCS)C(=O)c1ccccc1C=O. The maximum atomic E-state index is 12.1. The van der Waals surface area contributed by atoms with E-state index in [0.29, 0.717) is 17.7 Å². The molecule has 0 bridgehead atoms. The molecule has 0 N–H and O–H groups in total. The molecular weight excluding hydrogens is 290 g/mol. The molecule has 0 aliphatic heterocycles. The van der Waals surface area contributed by atoms with Crippen LogP contribution in [0.15, 0.2) is 24.3 Å². The molecule has 20 heavy (non-hydrogen) atoms. The van der Waals surface area contributed by atoms with Gasteiger partial charge in [0.2, 0.25) is 0 Å². The third-order valence-corrected chi connectivity index (χ3v) is 2.88. The molecule has 0 heterocycles. The third kappa shape index (κ3) is 7.01. The second-order valence-electron chi connectivity index (χ2n) is 4.18. The highest BCUT2D eigenvalue weighted by molar-refractivity contribution is 7.80. The number of amides is 1. The van der Waals surface area contributed by atoms with Crippen LogP contribution in [0.2, 0.25) is 0 Å². The fourth-order valence-electron chi connectivity index (χ4n) is 1.56. The second kappa shape index (κ2) is 11.9. The van der Waals surface area contributed by atoms with Gasteiger partial charge in [0, 0.05) is 19.2 Å². The Kier molecular flexibility index (Phi) is 11.3. The van der Waals surface area contributed by atoms with Crippen molar-refractivity contribution in [3.63, 3.8) is 0 Å². The summed E-state index contributed by atoms with van der Waals surface area (Å²) in [5.41, 5.74) is 0.911. The van der Waals surface area contributed by atoms with E-state index >= 15 is 0 Å². The molecule has 1 amide bonds. The first-order valence-electron chi connectivity index (χ1n) is 6.63. The van der Waals surface area contributed by atoms with Crippen molar-refractivity contribution < 1.29 is 9.59 Å². The van der Waals surface area contributed by atoms with E-state index < -0.39 is 0 Å². The minimum atomic E-state index is -0.105. The zero-order valence-electron chi connectivity index (χ0n) is 12.1. The van der Waals surface area contributed by atoms with Gasteiger partial charge in [0.25, 0.3) is 5.91 Å². The Morgan fingerprint density at radius 2 is 1.85 bits per heavy atom. The molecule has 1 rings (SSSR count). The van der Waals surface area contributed by atoms with E-state index in [-0.39, 0.29) is 5.91 Å². The van der Waals surface area contributed by atoms with Gasteiger partial charge in [-0.3, -0.25) is 9.59 Å². The summed E-state index contributed by atoms with van der Waals surface area (Å²) in [5, 5.41) is 0. The van der Waals surface area contributed by atoms with Gasteiger partial charge < -0.3 is 4.90 Å². The van der Waals surface area contributed by atoms with Gasteiger partial charge in [-0.25, -0.2) is 0 Å². The van der Waals surface area contributed by atoms with Crippen LogP contribution < -0.4 is 0 Å². The molecule has 0 aliphatic rings. The molecule has 0 radical (unpaired) electrons. The molecule has 0 spiro atoms. The number of hydrogen-bond acceptors (Lipinski definition) is 4. The molecular formula is C15H23NO2S2. The monoisotopic (exact) mass is 313 g/mol. The highest BCUT2D eigenvalue weighted by Crippen LogP contribution is 2.09. The van der Waals surface area contributed by atoms with E-state index in [1.165, 1.54) is 0 Å². The summed E-state index contributed by atoms with van der Waals surface area (Å²) in [7, 11) is 1.75. The average Bonchev–Trinajstić information content (AvgIpc) is 2.47. The van der Waals surface area contributed by atoms with Crippen LogP contribution in [0.4, 0.5) is 0 Å². The summed E-state index contributed by atoms with van der Waals surface area (Å²) in [4.78, 5) is 24.5. The standard InChI is InChI=1S/C13H17NO2S.C2H6S/c1-14(8-4-5-9-17)13(16)12-7-3-2-6-11(12)10-15;1-2-3/h2-3,6-7,10,17H,4-5,8-9H2,1H3;3H,2H2,1H3. The van der Waals surface area contributed by atoms with Gasteiger partial charge in [-0.2, -0.15) is 25.3 Å². The van der Waals surface area contributed by atoms with Crippen molar-refractivity contribution in [3.8, 4) is 0 Å². The lowest BCUT2D eigenvalue weighted by atomic mass is 10.1.